The third-order valence-corrected chi connectivity index (χ3v) is 6.31. The lowest BCUT2D eigenvalue weighted by atomic mass is 10.0. The molecule has 2 aromatic heterocycles. The fourth-order valence-corrected chi connectivity index (χ4v) is 4.32. The highest BCUT2D eigenvalue weighted by molar-refractivity contribution is 5.92. The van der Waals surface area contributed by atoms with Crippen molar-refractivity contribution in [3.8, 4) is 0 Å². The van der Waals surface area contributed by atoms with E-state index in [0.29, 0.717) is 44.0 Å². The number of para-hydroxylation sites is 1. The zero-order chi connectivity index (χ0) is 21.4. The van der Waals surface area contributed by atoms with Gasteiger partial charge in [0.1, 0.15) is 5.76 Å². The Morgan fingerprint density at radius 2 is 2.00 bits per heavy atom. The van der Waals surface area contributed by atoms with E-state index in [2.05, 4.69) is 15.5 Å². The number of aromatic amines is 1. The number of hydrogen-bond acceptors (Lipinski definition) is 5. The van der Waals surface area contributed by atoms with E-state index in [0.717, 1.165) is 35.1 Å². The summed E-state index contributed by atoms with van der Waals surface area (Å²) in [6.07, 6.45) is 6.03. The summed E-state index contributed by atoms with van der Waals surface area (Å²) in [7, 11) is 0. The first-order valence-electron chi connectivity index (χ1n) is 11.0. The fraction of sp³-hybridized carbons (Fsp3) is 0.435. The number of rotatable bonds is 6. The van der Waals surface area contributed by atoms with Crippen molar-refractivity contribution in [3.63, 3.8) is 0 Å². The summed E-state index contributed by atoms with van der Waals surface area (Å²) in [5.74, 6) is 0.976. The molecule has 1 aromatic carbocycles. The number of amides is 2. The number of benzene rings is 1. The van der Waals surface area contributed by atoms with Gasteiger partial charge in [-0.2, -0.15) is 0 Å². The zero-order valence-electron chi connectivity index (χ0n) is 17.3. The van der Waals surface area contributed by atoms with Crippen LogP contribution in [0, 0.1) is 0 Å². The van der Waals surface area contributed by atoms with Gasteiger partial charge in [-0.15, -0.1) is 0 Å². The molecule has 3 heterocycles. The summed E-state index contributed by atoms with van der Waals surface area (Å²) in [6, 6.07) is 9.19. The Kier molecular flexibility index (Phi) is 5.23. The Balaban J connectivity index is 1.12. The normalized spacial score (nSPS) is 18.3. The maximum Gasteiger partial charge on any atom is 0.273 e. The summed E-state index contributed by atoms with van der Waals surface area (Å²) in [6.45, 7) is 1.16. The highest BCUT2D eigenvalue weighted by atomic mass is 16.5. The van der Waals surface area contributed by atoms with Crippen LogP contribution in [0.2, 0.25) is 0 Å². The number of nitrogens with two attached hydrogens (primary N) is 1. The number of likely N-dealkylation sites (tertiary alicyclic amines) is 1. The van der Waals surface area contributed by atoms with E-state index in [-0.39, 0.29) is 17.9 Å². The van der Waals surface area contributed by atoms with Gasteiger partial charge in [0.25, 0.3) is 5.91 Å². The molecule has 0 unspecified atom stereocenters. The van der Waals surface area contributed by atoms with Crippen molar-refractivity contribution in [2.24, 2.45) is 5.73 Å². The van der Waals surface area contributed by atoms with Gasteiger partial charge < -0.3 is 25.5 Å². The number of carbonyl (C=O) groups is 2. The second-order valence-corrected chi connectivity index (χ2v) is 8.63. The highest BCUT2D eigenvalue weighted by Crippen LogP contribution is 2.40. The molecule has 5 rings (SSSR count). The van der Waals surface area contributed by atoms with E-state index in [4.69, 9.17) is 10.3 Å². The molecule has 31 heavy (non-hydrogen) atoms. The molecule has 1 saturated heterocycles. The van der Waals surface area contributed by atoms with Gasteiger partial charge in [0.15, 0.2) is 5.69 Å². The highest BCUT2D eigenvalue weighted by Gasteiger charge is 2.30. The Bertz CT molecular complexity index is 1090. The van der Waals surface area contributed by atoms with E-state index in [1.54, 1.807) is 6.07 Å². The van der Waals surface area contributed by atoms with Crippen LogP contribution in [0.3, 0.4) is 0 Å². The molecule has 0 spiro atoms. The number of aromatic nitrogens is 2. The Morgan fingerprint density at radius 3 is 2.77 bits per heavy atom. The van der Waals surface area contributed by atoms with Crippen LogP contribution in [0.15, 0.2) is 41.1 Å². The second-order valence-electron chi connectivity index (χ2n) is 8.63. The molecule has 1 atom stereocenters. The van der Waals surface area contributed by atoms with E-state index in [1.165, 1.54) is 0 Å². The molecule has 1 saturated carbocycles. The van der Waals surface area contributed by atoms with Crippen LogP contribution >= 0.6 is 0 Å². The largest absolute Gasteiger partial charge is 0.361 e. The predicted octanol–water partition coefficient (Wildman–Crippen LogP) is 2.32. The molecule has 4 N–H and O–H groups in total. The van der Waals surface area contributed by atoms with E-state index >= 15 is 0 Å². The maximum absolute atomic E-state index is 12.9. The lowest BCUT2D eigenvalue weighted by molar-refractivity contribution is -0.133. The first-order valence-corrected chi connectivity index (χ1v) is 11.0. The number of piperidine rings is 1. The minimum Gasteiger partial charge on any atom is -0.361 e. The topological polar surface area (TPSA) is 117 Å². The van der Waals surface area contributed by atoms with Crippen molar-refractivity contribution < 1.29 is 14.1 Å². The van der Waals surface area contributed by atoms with Crippen molar-refractivity contribution in [1.29, 1.82) is 0 Å². The molecule has 162 valence electrons. The number of H-pyrrole nitrogens is 1. The molecule has 8 nitrogen and oxygen atoms in total. The van der Waals surface area contributed by atoms with Crippen molar-refractivity contribution >= 4 is 22.7 Å². The minimum absolute atomic E-state index is 0.0162. The number of hydrogen-bond donors (Lipinski definition) is 3. The summed E-state index contributed by atoms with van der Waals surface area (Å²) in [5, 5.41) is 8.02. The van der Waals surface area contributed by atoms with Crippen molar-refractivity contribution in [1.82, 2.24) is 20.4 Å². The number of fused-ring (bicyclic) bond motifs is 1. The Morgan fingerprint density at radius 1 is 1.23 bits per heavy atom. The molecular formula is C23H27N5O3. The Hall–Kier alpha value is -3.13. The second kappa shape index (κ2) is 8.19. The van der Waals surface area contributed by atoms with Crippen molar-refractivity contribution in [2.75, 3.05) is 13.1 Å². The monoisotopic (exact) mass is 421 g/mol. The van der Waals surface area contributed by atoms with Gasteiger partial charge in [-0.05, 0) is 43.7 Å². The zero-order valence-corrected chi connectivity index (χ0v) is 17.3. The van der Waals surface area contributed by atoms with Gasteiger partial charge in [0, 0.05) is 48.2 Å². The van der Waals surface area contributed by atoms with Gasteiger partial charge in [-0.25, -0.2) is 0 Å². The predicted molar refractivity (Wildman–Crippen MR) is 116 cm³/mol. The molecule has 0 radical (unpaired) electrons. The van der Waals surface area contributed by atoms with Crippen molar-refractivity contribution in [2.45, 2.75) is 50.1 Å². The van der Waals surface area contributed by atoms with Gasteiger partial charge in [-0.3, -0.25) is 9.59 Å². The minimum atomic E-state index is -0.582. The van der Waals surface area contributed by atoms with Gasteiger partial charge in [0.05, 0.1) is 6.04 Å². The van der Waals surface area contributed by atoms with E-state index < -0.39 is 6.04 Å². The fourth-order valence-electron chi connectivity index (χ4n) is 4.32. The molecule has 8 heteroatoms. The third kappa shape index (κ3) is 4.20. The van der Waals surface area contributed by atoms with Crippen LogP contribution in [-0.2, 0) is 11.2 Å². The maximum atomic E-state index is 12.9. The quantitative estimate of drug-likeness (QED) is 0.565. The first-order chi connectivity index (χ1) is 15.1. The molecular weight excluding hydrogens is 394 g/mol. The van der Waals surface area contributed by atoms with Crippen LogP contribution in [-0.4, -0.2) is 52.0 Å². The molecule has 3 aromatic rings. The summed E-state index contributed by atoms with van der Waals surface area (Å²) in [4.78, 5) is 30.3. The molecule has 1 aliphatic heterocycles. The average Bonchev–Trinajstić information content (AvgIpc) is 3.38. The van der Waals surface area contributed by atoms with Crippen LogP contribution in [0.5, 0.6) is 0 Å². The van der Waals surface area contributed by atoms with Crippen LogP contribution in [0.1, 0.15) is 53.4 Å². The SMILES string of the molecule is N[C@H](Cc1c[nH]c2ccccc12)C(=O)N1CCC(NC(=O)c2cc(C3CC3)on2)CC1. The smallest absolute Gasteiger partial charge is 0.273 e. The standard InChI is InChI=1S/C23H27N5O3/c24-18(11-15-13-25-19-4-2-1-3-17(15)19)23(30)28-9-7-16(8-10-28)26-22(29)20-12-21(31-27-20)14-5-6-14/h1-4,12-14,16,18,25H,5-11,24H2,(H,26,29)/t18-/m1/s1. The summed E-state index contributed by atoms with van der Waals surface area (Å²) >= 11 is 0. The molecule has 1 aliphatic carbocycles. The lowest BCUT2D eigenvalue weighted by Gasteiger charge is -2.33. The lowest BCUT2D eigenvalue weighted by Crippen LogP contribution is -2.51. The van der Waals surface area contributed by atoms with Gasteiger partial charge in [0.2, 0.25) is 5.91 Å². The Labute approximate surface area is 180 Å². The van der Waals surface area contributed by atoms with Crippen LogP contribution in [0.25, 0.3) is 10.9 Å². The van der Waals surface area contributed by atoms with Gasteiger partial charge >= 0.3 is 0 Å². The average molecular weight is 422 g/mol. The third-order valence-electron chi connectivity index (χ3n) is 6.31. The molecule has 2 amide bonds. The van der Waals surface area contributed by atoms with Gasteiger partial charge in [-0.1, -0.05) is 23.4 Å². The number of nitrogens with one attached hydrogen (secondary N) is 2. The molecule has 2 fully saturated rings. The van der Waals surface area contributed by atoms with Crippen LogP contribution in [0.4, 0.5) is 0 Å². The van der Waals surface area contributed by atoms with Crippen molar-refractivity contribution in [3.05, 3.63) is 53.5 Å². The van der Waals surface area contributed by atoms with E-state index in [9.17, 15) is 9.59 Å². The summed E-state index contributed by atoms with van der Waals surface area (Å²) in [5.41, 5.74) is 8.69. The van der Waals surface area contributed by atoms with Crippen LogP contribution < -0.4 is 11.1 Å². The number of nitrogens with zero attached hydrogens (tertiary/aromatic N) is 2. The molecule has 2 aliphatic rings. The number of carbonyl (C=O) groups excluding carboxylic acids is 2. The molecule has 0 bridgehead atoms. The first kappa shape index (κ1) is 19.8. The summed E-state index contributed by atoms with van der Waals surface area (Å²) < 4.78 is 5.26. The van der Waals surface area contributed by atoms with E-state index in [1.807, 2.05) is 35.4 Å².